The lowest BCUT2D eigenvalue weighted by atomic mass is 9.99. The Balaban J connectivity index is 0.00000272. The third kappa shape index (κ3) is 6.46. The van der Waals surface area contributed by atoms with Gasteiger partial charge in [-0.15, -0.1) is 12.4 Å². The first-order valence-electron chi connectivity index (χ1n) is 10.8. The zero-order chi connectivity index (χ0) is 20.8. The second kappa shape index (κ2) is 11.2. The molecule has 4 rings (SSSR count). The van der Waals surface area contributed by atoms with Crippen LogP contribution in [-0.4, -0.2) is 35.7 Å². The van der Waals surface area contributed by atoms with Crippen LogP contribution < -0.4 is 4.74 Å². The van der Waals surface area contributed by atoms with Gasteiger partial charge >= 0.3 is 5.97 Å². The third-order valence-corrected chi connectivity index (χ3v) is 5.81. The van der Waals surface area contributed by atoms with Crippen LogP contribution in [0, 0.1) is 5.92 Å². The van der Waals surface area contributed by atoms with E-state index >= 15 is 0 Å². The van der Waals surface area contributed by atoms with Gasteiger partial charge in [-0.2, -0.15) is 0 Å². The number of carbonyl (C=O) groups is 1. The topological polar surface area (TPSA) is 49.8 Å². The van der Waals surface area contributed by atoms with Gasteiger partial charge in [0.25, 0.3) is 0 Å². The summed E-state index contributed by atoms with van der Waals surface area (Å²) in [4.78, 5) is 13.1. The maximum atomic E-state index is 10.9. The molecule has 0 aliphatic carbocycles. The molecule has 0 spiro atoms. The minimum absolute atomic E-state index is 0. The van der Waals surface area contributed by atoms with Crippen LogP contribution >= 0.6 is 12.4 Å². The van der Waals surface area contributed by atoms with Gasteiger partial charge < -0.3 is 9.84 Å². The number of aryl methyl sites for hydroxylation is 1. The first-order valence-corrected chi connectivity index (χ1v) is 10.8. The van der Waals surface area contributed by atoms with Crippen LogP contribution in [0.4, 0.5) is 0 Å². The maximum Gasteiger partial charge on any atom is 0.309 e. The van der Waals surface area contributed by atoms with Crippen molar-refractivity contribution >= 4 is 29.1 Å². The largest absolute Gasteiger partial charge is 0.494 e. The number of fused-ring (bicyclic) bond motifs is 1. The molecule has 5 heteroatoms. The number of carboxylic acid groups (broad SMARTS) is 1. The van der Waals surface area contributed by atoms with Crippen LogP contribution in [0.3, 0.4) is 0 Å². The highest BCUT2D eigenvalue weighted by atomic mass is 35.5. The normalized spacial score (nSPS) is 14.1. The van der Waals surface area contributed by atoms with Crippen LogP contribution in [0.25, 0.3) is 10.8 Å². The van der Waals surface area contributed by atoms with Crippen molar-refractivity contribution in [2.24, 2.45) is 5.92 Å². The molecule has 1 fully saturated rings. The molecule has 0 aromatic heterocycles. The highest BCUT2D eigenvalue weighted by molar-refractivity contribution is 5.85. The van der Waals surface area contributed by atoms with Crippen molar-refractivity contribution in [3.63, 3.8) is 0 Å². The first kappa shape index (κ1) is 23.1. The van der Waals surface area contributed by atoms with Crippen LogP contribution in [0.15, 0.2) is 66.7 Å². The maximum absolute atomic E-state index is 10.9. The Morgan fingerprint density at radius 3 is 2.42 bits per heavy atom. The zero-order valence-corrected chi connectivity index (χ0v) is 18.5. The van der Waals surface area contributed by atoms with E-state index < -0.39 is 5.97 Å². The number of aliphatic carboxylic acids is 1. The number of ether oxygens (including phenoxy) is 1. The lowest BCUT2D eigenvalue weighted by Crippen LogP contribution is -2.49. The van der Waals surface area contributed by atoms with E-state index in [1.807, 2.05) is 6.07 Å². The van der Waals surface area contributed by atoms with Gasteiger partial charge in [0.15, 0.2) is 0 Å². The lowest BCUT2D eigenvalue weighted by molar-refractivity contribution is -0.147. The van der Waals surface area contributed by atoms with Crippen molar-refractivity contribution in [1.29, 1.82) is 0 Å². The second-order valence-corrected chi connectivity index (χ2v) is 8.22. The van der Waals surface area contributed by atoms with E-state index in [9.17, 15) is 4.79 Å². The highest BCUT2D eigenvalue weighted by Crippen LogP contribution is 2.25. The molecule has 0 bridgehead atoms. The van der Waals surface area contributed by atoms with Gasteiger partial charge in [-0.1, -0.05) is 48.5 Å². The van der Waals surface area contributed by atoms with Crippen molar-refractivity contribution in [2.45, 2.75) is 32.2 Å². The standard InChI is InChI=1S/C26H29NO3.ClH/c28-26(29)24-18-27(19-24)17-21-10-11-23-16-25(13-12-22(23)15-21)30-14-6-2-5-9-20-7-3-1-4-8-20;/h1,3-4,7-8,10-13,15-16,24H,2,5-6,9,14,17-19H2,(H,28,29);1H. The predicted octanol–water partition coefficient (Wildman–Crippen LogP) is 5.57. The molecule has 0 radical (unpaired) electrons. The SMILES string of the molecule is Cl.O=C(O)C1CN(Cc2ccc3cc(OCCCCCc4ccccc4)ccc3c2)C1. The van der Waals surface area contributed by atoms with E-state index in [1.54, 1.807) is 0 Å². The molecular formula is C26H30ClNO3. The Hall–Kier alpha value is -2.56. The van der Waals surface area contributed by atoms with E-state index in [0.29, 0.717) is 13.1 Å². The number of rotatable bonds is 10. The van der Waals surface area contributed by atoms with E-state index in [-0.39, 0.29) is 18.3 Å². The number of unbranched alkanes of at least 4 members (excludes halogenated alkanes) is 2. The predicted molar refractivity (Wildman–Crippen MR) is 127 cm³/mol. The summed E-state index contributed by atoms with van der Waals surface area (Å²) in [5.41, 5.74) is 2.63. The zero-order valence-electron chi connectivity index (χ0n) is 17.7. The Kier molecular flexibility index (Phi) is 8.33. The molecule has 0 amide bonds. The molecule has 0 saturated carbocycles. The van der Waals surface area contributed by atoms with E-state index in [0.717, 1.165) is 31.7 Å². The van der Waals surface area contributed by atoms with E-state index in [2.05, 4.69) is 65.6 Å². The summed E-state index contributed by atoms with van der Waals surface area (Å²) in [6, 6.07) is 23.3. The quantitative estimate of drug-likeness (QED) is 0.419. The molecule has 1 aliphatic rings. The van der Waals surface area contributed by atoms with Crippen LogP contribution in [0.5, 0.6) is 5.75 Å². The Morgan fingerprint density at radius 2 is 1.65 bits per heavy atom. The number of hydrogen-bond donors (Lipinski definition) is 1. The van der Waals surface area contributed by atoms with E-state index in [1.165, 1.54) is 34.7 Å². The van der Waals surface area contributed by atoms with Crippen molar-refractivity contribution in [2.75, 3.05) is 19.7 Å². The average Bonchev–Trinajstić information content (AvgIpc) is 2.73. The molecule has 164 valence electrons. The molecule has 1 N–H and O–H groups in total. The fraction of sp³-hybridized carbons (Fsp3) is 0.346. The Morgan fingerprint density at radius 1 is 0.903 bits per heavy atom. The Labute approximate surface area is 190 Å². The van der Waals surface area contributed by atoms with Gasteiger partial charge in [0.05, 0.1) is 12.5 Å². The molecule has 4 nitrogen and oxygen atoms in total. The number of nitrogens with zero attached hydrogens (tertiary/aromatic N) is 1. The summed E-state index contributed by atoms with van der Waals surface area (Å²) < 4.78 is 5.96. The molecular weight excluding hydrogens is 410 g/mol. The number of halogens is 1. The van der Waals surface area contributed by atoms with Crippen molar-refractivity contribution in [1.82, 2.24) is 4.90 Å². The van der Waals surface area contributed by atoms with Gasteiger partial charge in [0.2, 0.25) is 0 Å². The fourth-order valence-corrected chi connectivity index (χ4v) is 4.02. The fourth-order valence-electron chi connectivity index (χ4n) is 4.02. The summed E-state index contributed by atoms with van der Waals surface area (Å²) in [6.07, 6.45) is 4.56. The van der Waals surface area contributed by atoms with Crippen molar-refractivity contribution < 1.29 is 14.6 Å². The summed E-state index contributed by atoms with van der Waals surface area (Å²) in [6.45, 7) is 2.84. The van der Waals surface area contributed by atoms with Crippen molar-refractivity contribution in [3.8, 4) is 5.75 Å². The van der Waals surface area contributed by atoms with Crippen LogP contribution in [0.1, 0.15) is 30.4 Å². The molecule has 3 aromatic carbocycles. The molecule has 3 aromatic rings. The van der Waals surface area contributed by atoms with Crippen molar-refractivity contribution in [3.05, 3.63) is 77.9 Å². The highest BCUT2D eigenvalue weighted by Gasteiger charge is 2.32. The molecule has 0 unspecified atom stereocenters. The molecule has 31 heavy (non-hydrogen) atoms. The monoisotopic (exact) mass is 439 g/mol. The minimum atomic E-state index is -0.687. The smallest absolute Gasteiger partial charge is 0.309 e. The molecule has 1 aliphatic heterocycles. The van der Waals surface area contributed by atoms with Gasteiger partial charge in [0, 0.05) is 19.6 Å². The second-order valence-electron chi connectivity index (χ2n) is 8.22. The van der Waals surface area contributed by atoms with Crippen LogP contribution in [0.2, 0.25) is 0 Å². The molecule has 1 saturated heterocycles. The summed E-state index contributed by atoms with van der Waals surface area (Å²) in [5, 5.41) is 11.4. The summed E-state index contributed by atoms with van der Waals surface area (Å²) in [5.74, 6) is 0.0299. The first-order chi connectivity index (χ1) is 14.7. The number of hydrogen-bond acceptors (Lipinski definition) is 3. The molecule has 0 atom stereocenters. The summed E-state index contributed by atoms with van der Waals surface area (Å²) in [7, 11) is 0. The number of carboxylic acids is 1. The molecule has 1 heterocycles. The number of benzene rings is 3. The van der Waals surface area contributed by atoms with Crippen LogP contribution in [-0.2, 0) is 17.8 Å². The van der Waals surface area contributed by atoms with Gasteiger partial charge in [-0.25, -0.2) is 0 Å². The summed E-state index contributed by atoms with van der Waals surface area (Å²) >= 11 is 0. The lowest BCUT2D eigenvalue weighted by Gasteiger charge is -2.36. The van der Waals surface area contributed by atoms with Gasteiger partial charge in [0.1, 0.15) is 5.75 Å². The average molecular weight is 440 g/mol. The Bertz CT molecular complexity index is 986. The van der Waals surface area contributed by atoms with Gasteiger partial charge in [-0.05, 0) is 65.8 Å². The minimum Gasteiger partial charge on any atom is -0.494 e. The third-order valence-electron chi connectivity index (χ3n) is 5.81. The van der Waals surface area contributed by atoms with Gasteiger partial charge in [-0.3, -0.25) is 9.69 Å². The van der Waals surface area contributed by atoms with E-state index in [4.69, 9.17) is 9.84 Å². The number of likely N-dealkylation sites (tertiary alicyclic amines) is 1.